The number of nitrogens with one attached hydrogen (secondary N) is 1. The number of methoxy groups -OCH3 is 2. The van der Waals surface area contributed by atoms with Crippen molar-refractivity contribution in [1.82, 2.24) is 21.1 Å². The first kappa shape index (κ1) is 18.9. The van der Waals surface area contributed by atoms with E-state index in [1.807, 2.05) is 32.0 Å². The number of nitrogens with zero attached hydrogens (tertiary/aromatic N) is 2. The highest BCUT2D eigenvalue weighted by molar-refractivity contribution is 7.84. The van der Waals surface area contributed by atoms with Crippen LogP contribution in [-0.2, 0) is 16.6 Å². The van der Waals surface area contributed by atoms with E-state index < -0.39 is 10.8 Å². The molecule has 134 valence electrons. The topological polar surface area (TPSA) is 112 Å². The fourth-order valence-corrected chi connectivity index (χ4v) is 3.71. The lowest BCUT2D eigenvalue weighted by molar-refractivity contribution is 0.407. The molecule has 0 amide bonds. The Balaban J connectivity index is 0.00000225. The van der Waals surface area contributed by atoms with Gasteiger partial charge in [0.2, 0.25) is 0 Å². The number of H-pyrrole nitrogens is 1. The van der Waals surface area contributed by atoms with Crippen LogP contribution in [0.4, 0.5) is 0 Å². The number of fused-ring (bicyclic) bond motifs is 1. The van der Waals surface area contributed by atoms with E-state index in [0.29, 0.717) is 5.16 Å². The number of aromatic nitrogens is 3. The van der Waals surface area contributed by atoms with E-state index >= 15 is 0 Å². The maximum absolute atomic E-state index is 12.7. The highest BCUT2D eigenvalue weighted by atomic mass is 32.2. The fourth-order valence-electron chi connectivity index (χ4n) is 2.61. The molecular weight excluding hydrogens is 340 g/mol. The van der Waals surface area contributed by atoms with E-state index in [-0.39, 0.29) is 11.9 Å². The first-order valence-electron chi connectivity index (χ1n) is 7.44. The number of hydrogen-bond donors (Lipinski definition) is 2. The van der Waals surface area contributed by atoms with Gasteiger partial charge in [0.15, 0.2) is 5.16 Å². The van der Waals surface area contributed by atoms with E-state index in [9.17, 15) is 4.21 Å². The second-order valence-corrected chi connectivity index (χ2v) is 6.83. The molecule has 0 unspecified atom stereocenters. The van der Waals surface area contributed by atoms with E-state index in [1.165, 1.54) is 0 Å². The lowest BCUT2D eigenvalue weighted by atomic mass is 10.1. The van der Waals surface area contributed by atoms with Crippen LogP contribution in [0, 0.1) is 13.8 Å². The Bertz CT molecular complexity index is 924. The van der Waals surface area contributed by atoms with Crippen LogP contribution < -0.4 is 15.6 Å². The van der Waals surface area contributed by atoms with E-state index in [4.69, 9.17) is 9.47 Å². The van der Waals surface area contributed by atoms with E-state index in [2.05, 4.69) is 15.0 Å². The SMILES string of the molecule is COc1ccc2nc([S@@](=O)Cc3ncc(C)c(OC)c3C)[nH]c2c1.N. The summed E-state index contributed by atoms with van der Waals surface area (Å²) < 4.78 is 23.3. The van der Waals surface area contributed by atoms with Gasteiger partial charge in [-0.3, -0.25) is 9.19 Å². The molecule has 0 fully saturated rings. The molecule has 3 aromatic rings. The molecule has 0 aliphatic heterocycles. The number of aryl methyl sites for hydroxylation is 1. The third-order valence-electron chi connectivity index (χ3n) is 3.90. The minimum Gasteiger partial charge on any atom is -0.497 e. The summed E-state index contributed by atoms with van der Waals surface area (Å²) >= 11 is 0. The molecule has 0 aliphatic carbocycles. The van der Waals surface area contributed by atoms with Crippen molar-refractivity contribution in [1.29, 1.82) is 0 Å². The van der Waals surface area contributed by atoms with Crippen molar-refractivity contribution in [2.24, 2.45) is 0 Å². The molecular formula is C17H22N4O3S. The maximum Gasteiger partial charge on any atom is 0.197 e. The molecule has 0 bridgehead atoms. The van der Waals surface area contributed by atoms with Gasteiger partial charge in [0.05, 0.1) is 47.5 Å². The Morgan fingerprint density at radius 2 is 1.96 bits per heavy atom. The number of benzene rings is 1. The predicted molar refractivity (Wildman–Crippen MR) is 98.0 cm³/mol. The summed E-state index contributed by atoms with van der Waals surface area (Å²) in [6.07, 6.45) is 1.74. The van der Waals surface area contributed by atoms with Gasteiger partial charge >= 0.3 is 0 Å². The van der Waals surface area contributed by atoms with Crippen molar-refractivity contribution in [3.05, 3.63) is 41.2 Å². The average Bonchev–Trinajstić information content (AvgIpc) is 3.01. The monoisotopic (exact) mass is 362 g/mol. The Kier molecular flexibility index (Phi) is 5.76. The third kappa shape index (κ3) is 3.64. The molecule has 1 atom stereocenters. The summed E-state index contributed by atoms with van der Waals surface area (Å²) in [6.45, 7) is 3.86. The quantitative estimate of drug-likeness (QED) is 0.721. The minimum absolute atomic E-state index is 0. The van der Waals surface area contributed by atoms with Crippen LogP contribution in [0.5, 0.6) is 11.5 Å². The number of imidazole rings is 1. The van der Waals surface area contributed by atoms with Gasteiger partial charge in [-0.1, -0.05) is 0 Å². The van der Waals surface area contributed by atoms with Gasteiger partial charge in [0.1, 0.15) is 11.5 Å². The first-order chi connectivity index (χ1) is 11.5. The van der Waals surface area contributed by atoms with Crippen molar-refractivity contribution in [3.63, 3.8) is 0 Å². The van der Waals surface area contributed by atoms with Gasteiger partial charge in [-0.2, -0.15) is 0 Å². The number of aromatic amines is 1. The van der Waals surface area contributed by atoms with Crippen molar-refractivity contribution in [2.45, 2.75) is 24.8 Å². The van der Waals surface area contributed by atoms with Crippen molar-refractivity contribution in [3.8, 4) is 11.5 Å². The number of pyridine rings is 1. The van der Waals surface area contributed by atoms with Crippen molar-refractivity contribution in [2.75, 3.05) is 14.2 Å². The first-order valence-corrected chi connectivity index (χ1v) is 8.76. The van der Waals surface area contributed by atoms with Gasteiger partial charge in [0.25, 0.3) is 0 Å². The maximum atomic E-state index is 12.7. The van der Waals surface area contributed by atoms with Gasteiger partial charge in [-0.25, -0.2) is 4.98 Å². The van der Waals surface area contributed by atoms with Crippen LogP contribution in [-0.4, -0.2) is 33.4 Å². The lowest BCUT2D eigenvalue weighted by Gasteiger charge is -2.11. The summed E-state index contributed by atoms with van der Waals surface area (Å²) in [5.74, 6) is 1.79. The second-order valence-electron chi connectivity index (χ2n) is 5.46. The second kappa shape index (κ2) is 7.62. The zero-order chi connectivity index (χ0) is 17.3. The Morgan fingerprint density at radius 3 is 2.64 bits per heavy atom. The van der Waals surface area contributed by atoms with Crippen LogP contribution in [0.25, 0.3) is 11.0 Å². The lowest BCUT2D eigenvalue weighted by Crippen LogP contribution is -2.05. The standard InChI is InChI=1S/C17H19N3O3S.H3N/c1-10-8-18-15(11(2)16(10)23-4)9-24(21)17-19-13-6-5-12(22-3)7-14(13)20-17;/h5-8H,9H2,1-4H3,(H,19,20);1H3/t24-;/m0./s1. The molecule has 0 radical (unpaired) electrons. The normalized spacial score (nSPS) is 11.8. The molecule has 2 heterocycles. The molecule has 7 nitrogen and oxygen atoms in total. The summed E-state index contributed by atoms with van der Waals surface area (Å²) in [4.78, 5) is 11.9. The summed E-state index contributed by atoms with van der Waals surface area (Å²) in [6, 6.07) is 5.50. The molecule has 3 rings (SSSR count). The molecule has 8 heteroatoms. The Labute approximate surface area is 148 Å². The zero-order valence-corrected chi connectivity index (χ0v) is 15.6. The highest BCUT2D eigenvalue weighted by Crippen LogP contribution is 2.26. The van der Waals surface area contributed by atoms with Crippen molar-refractivity contribution >= 4 is 21.8 Å². The molecule has 0 spiro atoms. The molecule has 4 N–H and O–H groups in total. The molecule has 1 aromatic carbocycles. The van der Waals surface area contributed by atoms with E-state index in [1.54, 1.807) is 20.4 Å². The van der Waals surface area contributed by atoms with Gasteiger partial charge in [0, 0.05) is 23.4 Å². The Morgan fingerprint density at radius 1 is 1.20 bits per heavy atom. The van der Waals surface area contributed by atoms with Gasteiger partial charge in [-0.15, -0.1) is 0 Å². The zero-order valence-electron chi connectivity index (χ0n) is 14.8. The molecule has 25 heavy (non-hydrogen) atoms. The minimum atomic E-state index is -1.33. The van der Waals surface area contributed by atoms with E-state index in [0.717, 1.165) is 39.4 Å². The smallest absolute Gasteiger partial charge is 0.197 e. The Hall–Kier alpha value is -2.45. The molecule has 0 saturated heterocycles. The fraction of sp³-hybridized carbons (Fsp3) is 0.294. The molecule has 0 aliphatic rings. The van der Waals surface area contributed by atoms with Gasteiger partial charge < -0.3 is 20.6 Å². The van der Waals surface area contributed by atoms with Crippen LogP contribution in [0.1, 0.15) is 16.8 Å². The average molecular weight is 362 g/mol. The molecule has 2 aromatic heterocycles. The summed E-state index contributed by atoms with van der Waals surface area (Å²) in [7, 11) is 1.91. The third-order valence-corrected chi connectivity index (χ3v) is 5.06. The van der Waals surface area contributed by atoms with Crippen LogP contribution in [0.3, 0.4) is 0 Å². The van der Waals surface area contributed by atoms with Gasteiger partial charge in [-0.05, 0) is 26.0 Å². The van der Waals surface area contributed by atoms with Crippen LogP contribution in [0.2, 0.25) is 0 Å². The summed E-state index contributed by atoms with van der Waals surface area (Å²) in [5, 5.41) is 0.430. The number of rotatable bonds is 5. The highest BCUT2D eigenvalue weighted by Gasteiger charge is 2.16. The van der Waals surface area contributed by atoms with Crippen LogP contribution >= 0.6 is 0 Å². The summed E-state index contributed by atoms with van der Waals surface area (Å²) in [5.41, 5.74) is 4.16. The largest absolute Gasteiger partial charge is 0.497 e. The number of ether oxygens (including phenoxy) is 2. The number of hydrogen-bond acceptors (Lipinski definition) is 6. The predicted octanol–water partition coefficient (Wildman–Crippen LogP) is 3.06. The van der Waals surface area contributed by atoms with Crippen molar-refractivity contribution < 1.29 is 13.7 Å². The van der Waals surface area contributed by atoms with Crippen LogP contribution in [0.15, 0.2) is 29.6 Å². The molecule has 0 saturated carbocycles.